The van der Waals surface area contributed by atoms with Crippen molar-refractivity contribution < 1.29 is 24.3 Å². The third-order valence-electron chi connectivity index (χ3n) is 6.12. The first-order valence-corrected chi connectivity index (χ1v) is 11.3. The number of carboxylic acids is 1. The standard InChI is InChI=1S/C27H22N4O5/c32-24-20-11-4-5-12-21(20)25(33)31(24)30(16-17-8-2-1-3-9-17)27(36)29-23(26(34)35)14-18-15-28-22-13-7-6-10-19(18)22/h1-13,15,23,28H,14,16H2,(H,29,36)(H,34,35). The number of para-hydroxylation sites is 1. The van der Waals surface area contributed by atoms with Crippen LogP contribution in [-0.2, 0) is 17.8 Å². The van der Waals surface area contributed by atoms with Crippen LogP contribution in [0.25, 0.3) is 10.9 Å². The van der Waals surface area contributed by atoms with Crippen molar-refractivity contribution in [3.8, 4) is 0 Å². The number of fused-ring (bicyclic) bond motifs is 2. The molecule has 0 spiro atoms. The van der Waals surface area contributed by atoms with Crippen molar-refractivity contribution in [2.45, 2.75) is 19.0 Å². The molecule has 9 heteroatoms. The Bertz CT molecular complexity index is 1440. The average Bonchev–Trinajstić information content (AvgIpc) is 3.41. The Balaban J connectivity index is 1.44. The van der Waals surface area contributed by atoms with Gasteiger partial charge in [-0.3, -0.25) is 9.59 Å². The van der Waals surface area contributed by atoms with Gasteiger partial charge in [0.2, 0.25) is 0 Å². The molecule has 180 valence electrons. The molecular weight excluding hydrogens is 460 g/mol. The minimum atomic E-state index is -1.30. The first kappa shape index (κ1) is 22.9. The van der Waals surface area contributed by atoms with Gasteiger partial charge in [-0.05, 0) is 29.3 Å². The van der Waals surface area contributed by atoms with Gasteiger partial charge in [0.25, 0.3) is 11.8 Å². The lowest BCUT2D eigenvalue weighted by molar-refractivity contribution is -0.139. The van der Waals surface area contributed by atoms with Gasteiger partial charge in [0.05, 0.1) is 17.7 Å². The van der Waals surface area contributed by atoms with Crippen LogP contribution in [0.3, 0.4) is 0 Å². The van der Waals surface area contributed by atoms with Crippen LogP contribution in [0.4, 0.5) is 4.79 Å². The summed E-state index contributed by atoms with van der Waals surface area (Å²) >= 11 is 0. The molecule has 4 amide bonds. The molecule has 36 heavy (non-hydrogen) atoms. The maximum Gasteiger partial charge on any atom is 0.337 e. The second kappa shape index (κ2) is 9.38. The van der Waals surface area contributed by atoms with E-state index in [1.165, 1.54) is 12.1 Å². The summed E-state index contributed by atoms with van der Waals surface area (Å²) in [7, 11) is 0. The molecule has 1 atom stereocenters. The highest BCUT2D eigenvalue weighted by Gasteiger charge is 2.42. The molecule has 0 saturated carbocycles. The third-order valence-corrected chi connectivity index (χ3v) is 6.12. The second-order valence-corrected chi connectivity index (χ2v) is 8.41. The smallest absolute Gasteiger partial charge is 0.337 e. The number of benzene rings is 3. The van der Waals surface area contributed by atoms with Gasteiger partial charge in [-0.1, -0.05) is 60.7 Å². The maximum atomic E-state index is 13.5. The number of aromatic amines is 1. The fourth-order valence-electron chi connectivity index (χ4n) is 4.33. The number of hydrogen-bond donors (Lipinski definition) is 3. The van der Waals surface area contributed by atoms with E-state index in [0.29, 0.717) is 11.1 Å². The molecular formula is C27H22N4O5. The molecule has 3 aromatic carbocycles. The summed E-state index contributed by atoms with van der Waals surface area (Å²) in [5.41, 5.74) is 2.59. The molecule has 1 unspecified atom stereocenters. The number of imide groups is 1. The number of carbonyl (C=O) groups excluding carboxylic acids is 3. The zero-order valence-corrected chi connectivity index (χ0v) is 19.0. The molecule has 1 aliphatic heterocycles. The van der Waals surface area contributed by atoms with E-state index in [1.807, 2.05) is 24.3 Å². The molecule has 2 heterocycles. The molecule has 4 aromatic rings. The summed E-state index contributed by atoms with van der Waals surface area (Å²) < 4.78 is 0. The molecule has 1 aliphatic rings. The topological polar surface area (TPSA) is 123 Å². The van der Waals surface area contributed by atoms with E-state index >= 15 is 0 Å². The highest BCUT2D eigenvalue weighted by Crippen LogP contribution is 2.26. The SMILES string of the molecule is O=C(O)C(Cc1c[nH]c2ccccc12)NC(=O)N(Cc1ccccc1)N1C(=O)c2ccccc2C1=O. The number of H-pyrrole nitrogens is 1. The first-order valence-electron chi connectivity index (χ1n) is 11.3. The zero-order chi connectivity index (χ0) is 25.2. The number of aliphatic carboxylic acids is 1. The van der Waals surface area contributed by atoms with Crippen molar-refractivity contribution in [2.75, 3.05) is 0 Å². The lowest BCUT2D eigenvalue weighted by Crippen LogP contribution is -2.56. The van der Waals surface area contributed by atoms with E-state index in [-0.39, 0.29) is 24.1 Å². The van der Waals surface area contributed by atoms with Gasteiger partial charge in [0.15, 0.2) is 0 Å². The first-order chi connectivity index (χ1) is 17.4. The Labute approximate surface area is 205 Å². The van der Waals surface area contributed by atoms with Crippen molar-refractivity contribution in [1.82, 2.24) is 20.3 Å². The van der Waals surface area contributed by atoms with Gasteiger partial charge in [0, 0.05) is 23.5 Å². The molecule has 3 N–H and O–H groups in total. The van der Waals surface area contributed by atoms with E-state index in [2.05, 4.69) is 10.3 Å². The summed E-state index contributed by atoms with van der Waals surface area (Å²) in [6.45, 7) is -0.114. The Hall–Kier alpha value is -4.92. The largest absolute Gasteiger partial charge is 0.480 e. The summed E-state index contributed by atoms with van der Waals surface area (Å²) in [4.78, 5) is 54.9. The summed E-state index contributed by atoms with van der Waals surface area (Å²) in [6.07, 6.45) is 1.71. The van der Waals surface area contributed by atoms with Crippen LogP contribution in [0, 0.1) is 0 Å². The molecule has 5 rings (SSSR count). The predicted octanol–water partition coefficient (Wildman–Crippen LogP) is 3.59. The van der Waals surface area contributed by atoms with Crippen LogP contribution >= 0.6 is 0 Å². The van der Waals surface area contributed by atoms with Crippen molar-refractivity contribution in [3.63, 3.8) is 0 Å². The normalized spacial score (nSPS) is 13.5. The lowest BCUT2D eigenvalue weighted by atomic mass is 10.1. The van der Waals surface area contributed by atoms with Crippen LogP contribution in [0.15, 0.2) is 85.1 Å². The fourth-order valence-corrected chi connectivity index (χ4v) is 4.33. The summed E-state index contributed by atoms with van der Waals surface area (Å²) in [5, 5.41) is 15.0. The Morgan fingerprint density at radius 1 is 0.889 bits per heavy atom. The number of carboxylic acid groups (broad SMARTS) is 1. The number of nitrogens with one attached hydrogen (secondary N) is 2. The highest BCUT2D eigenvalue weighted by molar-refractivity contribution is 6.21. The minimum absolute atomic E-state index is 0.00633. The number of urea groups is 1. The van der Waals surface area contributed by atoms with Crippen molar-refractivity contribution >= 4 is 34.7 Å². The van der Waals surface area contributed by atoms with Gasteiger partial charge in [-0.15, -0.1) is 0 Å². The molecule has 0 saturated heterocycles. The van der Waals surface area contributed by atoms with Crippen molar-refractivity contribution in [2.24, 2.45) is 0 Å². The molecule has 0 aliphatic carbocycles. The molecule has 0 bridgehead atoms. The van der Waals surface area contributed by atoms with Crippen LogP contribution < -0.4 is 5.32 Å². The quantitative estimate of drug-likeness (QED) is 0.348. The van der Waals surface area contributed by atoms with Crippen LogP contribution in [0.1, 0.15) is 31.8 Å². The minimum Gasteiger partial charge on any atom is -0.480 e. The van der Waals surface area contributed by atoms with E-state index in [9.17, 15) is 24.3 Å². The lowest BCUT2D eigenvalue weighted by Gasteiger charge is -2.31. The van der Waals surface area contributed by atoms with Gasteiger partial charge in [-0.25, -0.2) is 14.6 Å². The fraction of sp³-hybridized carbons (Fsp3) is 0.111. The van der Waals surface area contributed by atoms with Crippen LogP contribution in [-0.4, -0.2) is 50.0 Å². The van der Waals surface area contributed by atoms with Crippen molar-refractivity contribution in [1.29, 1.82) is 0 Å². The number of carbonyl (C=O) groups is 4. The Kier molecular flexibility index (Phi) is 5.95. The number of nitrogens with zero attached hydrogens (tertiary/aromatic N) is 2. The maximum absolute atomic E-state index is 13.5. The highest BCUT2D eigenvalue weighted by atomic mass is 16.4. The Morgan fingerprint density at radius 3 is 2.17 bits per heavy atom. The summed E-state index contributed by atoms with van der Waals surface area (Å²) in [5.74, 6) is -2.54. The van der Waals surface area contributed by atoms with Crippen molar-refractivity contribution in [3.05, 3.63) is 107 Å². The molecule has 9 nitrogen and oxygen atoms in total. The second-order valence-electron chi connectivity index (χ2n) is 8.41. The number of aromatic nitrogens is 1. The third kappa shape index (κ3) is 4.18. The van der Waals surface area contributed by atoms with E-state index in [4.69, 9.17) is 0 Å². The number of amides is 4. The monoisotopic (exact) mass is 482 g/mol. The Morgan fingerprint density at radius 2 is 1.50 bits per heavy atom. The van der Waals surface area contributed by atoms with E-state index < -0.39 is 29.9 Å². The molecule has 0 fully saturated rings. The van der Waals surface area contributed by atoms with Crippen LogP contribution in [0.5, 0.6) is 0 Å². The number of hydrazine groups is 1. The zero-order valence-electron chi connectivity index (χ0n) is 19.0. The van der Waals surface area contributed by atoms with Gasteiger partial charge in [-0.2, -0.15) is 5.01 Å². The predicted molar refractivity (Wildman–Crippen MR) is 131 cm³/mol. The van der Waals surface area contributed by atoms with Gasteiger partial charge >= 0.3 is 12.0 Å². The van der Waals surface area contributed by atoms with E-state index in [0.717, 1.165) is 20.9 Å². The molecule has 1 aromatic heterocycles. The molecule has 0 radical (unpaired) electrons. The number of hydrogen-bond acceptors (Lipinski definition) is 4. The average molecular weight is 482 g/mol. The summed E-state index contributed by atoms with van der Waals surface area (Å²) in [6, 6.07) is 20.4. The number of rotatable bonds is 7. The van der Waals surface area contributed by atoms with Crippen LogP contribution in [0.2, 0.25) is 0 Å². The van der Waals surface area contributed by atoms with E-state index in [1.54, 1.807) is 48.7 Å². The van der Waals surface area contributed by atoms with Gasteiger partial charge in [0.1, 0.15) is 6.04 Å². The van der Waals surface area contributed by atoms with Gasteiger partial charge < -0.3 is 15.4 Å².